The third kappa shape index (κ3) is 4.74. The molecular weight excluding hydrogens is 382 g/mol. The van der Waals surface area contributed by atoms with E-state index in [1.54, 1.807) is 28.5 Å². The minimum absolute atomic E-state index is 0.105. The summed E-state index contributed by atoms with van der Waals surface area (Å²) in [6.07, 6.45) is 1.40. The van der Waals surface area contributed by atoms with Gasteiger partial charge < -0.3 is 20.7 Å². The second-order valence-electron chi connectivity index (χ2n) is 6.27. The average molecular weight is 401 g/mol. The SMILES string of the molecule is NC(=O)c1ccsc1NC(=O)COC(=O)c1cccc(CN2CCCC2=O)c1. The van der Waals surface area contributed by atoms with E-state index in [-0.39, 0.29) is 11.5 Å². The lowest BCUT2D eigenvalue weighted by Gasteiger charge is -2.15. The van der Waals surface area contributed by atoms with Gasteiger partial charge in [-0.3, -0.25) is 14.4 Å². The first-order chi connectivity index (χ1) is 13.4. The molecule has 3 rings (SSSR count). The van der Waals surface area contributed by atoms with Gasteiger partial charge in [-0.15, -0.1) is 11.3 Å². The molecule has 8 nitrogen and oxygen atoms in total. The quantitative estimate of drug-likeness (QED) is 0.686. The van der Waals surface area contributed by atoms with Crippen LogP contribution in [0.1, 0.15) is 39.1 Å². The van der Waals surface area contributed by atoms with Crippen LogP contribution < -0.4 is 11.1 Å². The number of ether oxygens (including phenoxy) is 1. The van der Waals surface area contributed by atoms with E-state index in [0.717, 1.165) is 23.3 Å². The smallest absolute Gasteiger partial charge is 0.338 e. The van der Waals surface area contributed by atoms with Crippen LogP contribution in [0.2, 0.25) is 0 Å². The van der Waals surface area contributed by atoms with E-state index in [9.17, 15) is 19.2 Å². The van der Waals surface area contributed by atoms with Gasteiger partial charge in [-0.2, -0.15) is 0 Å². The summed E-state index contributed by atoms with van der Waals surface area (Å²) in [5, 5.41) is 4.43. The number of thiophene rings is 1. The molecule has 1 aromatic heterocycles. The molecule has 1 fully saturated rings. The molecule has 3 amide bonds. The monoisotopic (exact) mass is 401 g/mol. The van der Waals surface area contributed by atoms with E-state index in [4.69, 9.17) is 10.5 Å². The number of rotatable bonds is 7. The molecule has 0 saturated carbocycles. The number of likely N-dealkylation sites (tertiary alicyclic amines) is 1. The van der Waals surface area contributed by atoms with Crippen LogP contribution in [0.25, 0.3) is 0 Å². The Bertz CT molecular complexity index is 924. The van der Waals surface area contributed by atoms with Gasteiger partial charge in [0.15, 0.2) is 6.61 Å². The normalized spacial score (nSPS) is 13.4. The van der Waals surface area contributed by atoms with Gasteiger partial charge in [0.05, 0.1) is 11.1 Å². The van der Waals surface area contributed by atoms with Crippen LogP contribution in [0.3, 0.4) is 0 Å². The predicted octanol–water partition coefficient (Wildman–Crippen LogP) is 1.76. The Morgan fingerprint density at radius 1 is 1.25 bits per heavy atom. The molecule has 0 radical (unpaired) electrons. The number of anilines is 1. The summed E-state index contributed by atoms with van der Waals surface area (Å²) in [4.78, 5) is 48.9. The fourth-order valence-corrected chi connectivity index (χ4v) is 3.67. The van der Waals surface area contributed by atoms with Crippen LogP contribution in [-0.2, 0) is 20.9 Å². The molecule has 1 aromatic carbocycles. The van der Waals surface area contributed by atoms with Gasteiger partial charge in [0.1, 0.15) is 5.00 Å². The molecule has 2 aromatic rings. The number of primary amides is 1. The first-order valence-corrected chi connectivity index (χ1v) is 9.53. The number of carbonyl (C=O) groups is 4. The number of nitrogens with zero attached hydrogens (tertiary/aromatic N) is 1. The summed E-state index contributed by atoms with van der Waals surface area (Å²) >= 11 is 1.15. The molecule has 28 heavy (non-hydrogen) atoms. The van der Waals surface area contributed by atoms with Crippen LogP contribution in [-0.4, -0.2) is 41.7 Å². The molecule has 1 aliphatic rings. The highest BCUT2D eigenvalue weighted by molar-refractivity contribution is 7.14. The van der Waals surface area contributed by atoms with Gasteiger partial charge in [-0.1, -0.05) is 12.1 Å². The van der Waals surface area contributed by atoms with Crippen molar-refractivity contribution >= 4 is 40.0 Å². The summed E-state index contributed by atoms with van der Waals surface area (Å²) in [5.74, 6) is -1.77. The van der Waals surface area contributed by atoms with Crippen molar-refractivity contribution in [2.45, 2.75) is 19.4 Å². The lowest BCUT2D eigenvalue weighted by atomic mass is 10.1. The molecule has 2 heterocycles. The zero-order valence-electron chi connectivity index (χ0n) is 15.0. The Kier molecular flexibility index (Phi) is 6.05. The van der Waals surface area contributed by atoms with Gasteiger partial charge in [0.2, 0.25) is 5.91 Å². The summed E-state index contributed by atoms with van der Waals surface area (Å²) in [6, 6.07) is 8.27. The van der Waals surface area contributed by atoms with E-state index in [1.807, 2.05) is 6.07 Å². The van der Waals surface area contributed by atoms with Crippen LogP contribution >= 0.6 is 11.3 Å². The van der Waals surface area contributed by atoms with Crippen molar-refractivity contribution in [3.63, 3.8) is 0 Å². The standard InChI is InChI=1S/C19H19N3O5S/c20-17(25)14-6-8-28-18(14)21-15(23)11-27-19(26)13-4-1-3-12(9-13)10-22-7-2-5-16(22)24/h1,3-4,6,8-9H,2,5,7,10-11H2,(H2,20,25)(H,21,23). The molecule has 9 heteroatoms. The van der Waals surface area contributed by atoms with Crippen molar-refractivity contribution in [2.24, 2.45) is 5.73 Å². The van der Waals surface area contributed by atoms with E-state index in [1.165, 1.54) is 6.07 Å². The zero-order valence-corrected chi connectivity index (χ0v) is 15.8. The van der Waals surface area contributed by atoms with Crippen LogP contribution in [0, 0.1) is 0 Å². The Labute approximate surface area is 165 Å². The minimum atomic E-state index is -0.651. The lowest BCUT2D eigenvalue weighted by Crippen LogP contribution is -2.24. The van der Waals surface area contributed by atoms with Crippen LogP contribution in [0.4, 0.5) is 5.00 Å². The van der Waals surface area contributed by atoms with Gasteiger partial charge in [-0.05, 0) is 35.6 Å². The zero-order chi connectivity index (χ0) is 20.1. The molecule has 0 unspecified atom stereocenters. The van der Waals surface area contributed by atoms with Gasteiger partial charge in [0.25, 0.3) is 11.8 Å². The van der Waals surface area contributed by atoms with Gasteiger partial charge in [-0.25, -0.2) is 4.79 Å². The maximum absolute atomic E-state index is 12.2. The number of hydrogen-bond donors (Lipinski definition) is 2. The number of amides is 3. The summed E-state index contributed by atoms with van der Waals surface area (Å²) in [5.41, 5.74) is 6.54. The molecule has 3 N–H and O–H groups in total. The van der Waals surface area contributed by atoms with Crippen molar-refractivity contribution < 1.29 is 23.9 Å². The Hall–Kier alpha value is -3.20. The second kappa shape index (κ2) is 8.66. The van der Waals surface area contributed by atoms with Crippen molar-refractivity contribution in [3.05, 3.63) is 52.4 Å². The molecule has 1 aliphatic heterocycles. The largest absolute Gasteiger partial charge is 0.452 e. The van der Waals surface area contributed by atoms with Crippen LogP contribution in [0.15, 0.2) is 35.7 Å². The number of esters is 1. The highest BCUT2D eigenvalue weighted by Crippen LogP contribution is 2.22. The number of hydrogen-bond acceptors (Lipinski definition) is 6. The van der Waals surface area contributed by atoms with Crippen LogP contribution in [0.5, 0.6) is 0 Å². The third-order valence-electron chi connectivity index (χ3n) is 4.23. The number of carbonyl (C=O) groups excluding carboxylic acids is 4. The van der Waals surface area contributed by atoms with E-state index < -0.39 is 24.4 Å². The molecule has 1 saturated heterocycles. The first kappa shape index (κ1) is 19.6. The maximum Gasteiger partial charge on any atom is 0.338 e. The van der Waals surface area contributed by atoms with Gasteiger partial charge >= 0.3 is 5.97 Å². The van der Waals surface area contributed by atoms with Gasteiger partial charge in [0, 0.05) is 19.5 Å². The molecular formula is C19H19N3O5S. The third-order valence-corrected chi connectivity index (χ3v) is 5.06. The fraction of sp³-hybridized carbons (Fsp3) is 0.263. The Balaban J connectivity index is 1.55. The lowest BCUT2D eigenvalue weighted by molar-refractivity contribution is -0.128. The predicted molar refractivity (Wildman–Crippen MR) is 103 cm³/mol. The number of nitrogens with one attached hydrogen (secondary N) is 1. The van der Waals surface area contributed by atoms with Crippen molar-refractivity contribution in [2.75, 3.05) is 18.5 Å². The molecule has 0 atom stereocenters. The summed E-state index contributed by atoms with van der Waals surface area (Å²) in [6.45, 7) is 0.655. The van der Waals surface area contributed by atoms with E-state index in [0.29, 0.717) is 30.1 Å². The summed E-state index contributed by atoms with van der Waals surface area (Å²) in [7, 11) is 0. The maximum atomic E-state index is 12.2. The molecule has 0 spiro atoms. The molecule has 0 aliphatic carbocycles. The highest BCUT2D eigenvalue weighted by Gasteiger charge is 2.20. The average Bonchev–Trinajstić information content (AvgIpc) is 3.29. The van der Waals surface area contributed by atoms with Crippen molar-refractivity contribution in [1.29, 1.82) is 0 Å². The second-order valence-corrected chi connectivity index (χ2v) is 7.19. The van der Waals surface area contributed by atoms with Crippen molar-refractivity contribution in [3.8, 4) is 0 Å². The Morgan fingerprint density at radius 3 is 2.79 bits per heavy atom. The highest BCUT2D eigenvalue weighted by atomic mass is 32.1. The van der Waals surface area contributed by atoms with Crippen molar-refractivity contribution in [1.82, 2.24) is 4.90 Å². The van der Waals surface area contributed by atoms with E-state index in [2.05, 4.69) is 5.32 Å². The number of benzene rings is 1. The number of nitrogens with two attached hydrogens (primary N) is 1. The molecule has 146 valence electrons. The Morgan fingerprint density at radius 2 is 2.07 bits per heavy atom. The first-order valence-electron chi connectivity index (χ1n) is 8.65. The summed E-state index contributed by atoms with van der Waals surface area (Å²) < 4.78 is 5.04. The fourth-order valence-electron chi connectivity index (χ4n) is 2.87. The molecule has 0 bridgehead atoms. The van der Waals surface area contributed by atoms with E-state index >= 15 is 0 Å². The minimum Gasteiger partial charge on any atom is -0.452 e. The topological polar surface area (TPSA) is 119 Å².